The Kier molecular flexibility index (Phi) is 3.26. The van der Waals surface area contributed by atoms with E-state index in [1.165, 1.54) is 35.1 Å². The quantitative estimate of drug-likeness (QED) is 0.802. The summed E-state index contributed by atoms with van der Waals surface area (Å²) in [5.74, 6) is 1.21. The van der Waals surface area contributed by atoms with Gasteiger partial charge in [0.2, 0.25) is 0 Å². The van der Waals surface area contributed by atoms with Gasteiger partial charge in [-0.2, -0.15) is 0 Å². The Labute approximate surface area is 130 Å². The monoisotopic (exact) mass is 294 g/mol. The van der Waals surface area contributed by atoms with Crippen LogP contribution in [0.4, 0.5) is 0 Å². The molecule has 1 aliphatic rings. The van der Waals surface area contributed by atoms with E-state index < -0.39 is 0 Å². The molecule has 22 heavy (non-hydrogen) atoms. The molecule has 2 aromatic heterocycles. The first-order valence-corrected chi connectivity index (χ1v) is 8.00. The van der Waals surface area contributed by atoms with Gasteiger partial charge in [-0.15, -0.1) is 0 Å². The van der Waals surface area contributed by atoms with E-state index in [1.54, 1.807) is 0 Å². The molecule has 1 aromatic carbocycles. The van der Waals surface area contributed by atoms with Crippen LogP contribution in [0.15, 0.2) is 36.7 Å². The number of benzene rings is 1. The minimum absolute atomic E-state index is 0.445. The number of rotatable bonds is 3. The van der Waals surface area contributed by atoms with Gasteiger partial charge in [0.15, 0.2) is 0 Å². The number of nitrogens with one attached hydrogen (secondary N) is 1. The van der Waals surface area contributed by atoms with Gasteiger partial charge >= 0.3 is 0 Å². The van der Waals surface area contributed by atoms with E-state index in [-0.39, 0.29) is 0 Å². The predicted molar refractivity (Wildman–Crippen MR) is 88.6 cm³/mol. The number of aromatic nitrogens is 3. The number of nitrogens with zero attached hydrogens (tertiary/aromatic N) is 3. The lowest BCUT2D eigenvalue weighted by molar-refractivity contribution is 0.236. The molecule has 1 atom stereocenters. The summed E-state index contributed by atoms with van der Waals surface area (Å²) in [5, 5.41) is 1.29. The average molecular weight is 294 g/mol. The summed E-state index contributed by atoms with van der Waals surface area (Å²) in [4.78, 5) is 10.6. The largest absolute Gasteiger partial charge is 0.361 e. The summed E-state index contributed by atoms with van der Waals surface area (Å²) in [7, 11) is 2.11. The van der Waals surface area contributed by atoms with Crippen molar-refractivity contribution in [1.29, 1.82) is 0 Å². The first kappa shape index (κ1) is 13.6. The maximum atomic E-state index is 4.74. The lowest BCUT2D eigenvalue weighted by Gasteiger charge is -2.24. The van der Waals surface area contributed by atoms with Crippen LogP contribution in [0.25, 0.3) is 10.9 Å². The second-order valence-corrected chi connectivity index (χ2v) is 6.38. The van der Waals surface area contributed by atoms with Crippen LogP contribution >= 0.6 is 0 Å². The maximum Gasteiger partial charge on any atom is 0.126 e. The van der Waals surface area contributed by atoms with Crippen LogP contribution in [0.5, 0.6) is 0 Å². The van der Waals surface area contributed by atoms with E-state index in [4.69, 9.17) is 4.98 Å². The van der Waals surface area contributed by atoms with Crippen molar-refractivity contribution in [2.45, 2.75) is 32.4 Å². The van der Waals surface area contributed by atoms with E-state index in [1.807, 2.05) is 6.20 Å². The van der Waals surface area contributed by atoms with Crippen LogP contribution in [0, 0.1) is 6.92 Å². The molecule has 0 aliphatic carbocycles. The van der Waals surface area contributed by atoms with Gasteiger partial charge in [0.25, 0.3) is 0 Å². The molecule has 0 spiro atoms. The second-order valence-electron chi connectivity index (χ2n) is 6.38. The van der Waals surface area contributed by atoms with E-state index in [9.17, 15) is 0 Å². The molecule has 4 rings (SSSR count). The van der Waals surface area contributed by atoms with Crippen molar-refractivity contribution in [3.05, 3.63) is 53.7 Å². The molecule has 1 unspecified atom stereocenters. The third kappa shape index (κ3) is 2.33. The molecule has 4 nitrogen and oxygen atoms in total. The maximum absolute atomic E-state index is 4.74. The van der Waals surface area contributed by atoms with Crippen LogP contribution in [-0.2, 0) is 13.6 Å². The number of likely N-dealkylation sites (tertiary alicyclic amines) is 1. The summed E-state index contributed by atoms with van der Waals surface area (Å²) in [6, 6.07) is 9.30. The number of fused-ring (bicyclic) bond motifs is 1. The van der Waals surface area contributed by atoms with E-state index in [0.717, 1.165) is 18.8 Å². The Morgan fingerprint density at radius 1 is 1.32 bits per heavy atom. The molecule has 4 heteroatoms. The lowest BCUT2D eigenvalue weighted by atomic mass is 10.1. The fourth-order valence-corrected chi connectivity index (χ4v) is 3.69. The number of hydrogen-bond donors (Lipinski definition) is 1. The molecule has 1 aliphatic heterocycles. The molecular formula is C18H22N4. The Bertz CT molecular complexity index is 798. The SMILES string of the molecule is Cc1cn(C)c(C2CCCN2Cc2ccc3[nH]ccc3c2)n1. The van der Waals surface area contributed by atoms with Gasteiger partial charge in [0.05, 0.1) is 11.7 Å². The Balaban J connectivity index is 1.59. The van der Waals surface area contributed by atoms with Crippen LogP contribution in [0.1, 0.15) is 36.0 Å². The van der Waals surface area contributed by atoms with Crippen molar-refractivity contribution >= 4 is 10.9 Å². The summed E-state index contributed by atoms with van der Waals surface area (Å²) < 4.78 is 2.19. The van der Waals surface area contributed by atoms with Crippen molar-refractivity contribution in [2.24, 2.45) is 7.05 Å². The highest BCUT2D eigenvalue weighted by Crippen LogP contribution is 2.32. The van der Waals surface area contributed by atoms with E-state index in [2.05, 4.69) is 58.9 Å². The molecule has 3 heterocycles. The molecule has 1 N–H and O–H groups in total. The van der Waals surface area contributed by atoms with E-state index >= 15 is 0 Å². The first-order valence-electron chi connectivity index (χ1n) is 8.00. The number of aromatic amines is 1. The fraction of sp³-hybridized carbons (Fsp3) is 0.389. The van der Waals surface area contributed by atoms with Crippen LogP contribution in [0.2, 0.25) is 0 Å². The first-order chi connectivity index (χ1) is 10.7. The average Bonchev–Trinajstić information content (AvgIpc) is 3.18. The van der Waals surface area contributed by atoms with Crippen molar-refractivity contribution in [1.82, 2.24) is 19.4 Å². The lowest BCUT2D eigenvalue weighted by Crippen LogP contribution is -2.24. The molecule has 0 radical (unpaired) electrons. The van der Waals surface area contributed by atoms with Crippen molar-refractivity contribution < 1.29 is 0 Å². The number of H-pyrrole nitrogens is 1. The normalized spacial score (nSPS) is 19.3. The molecule has 0 saturated carbocycles. The highest BCUT2D eigenvalue weighted by atomic mass is 15.2. The number of hydrogen-bond acceptors (Lipinski definition) is 2. The highest BCUT2D eigenvalue weighted by Gasteiger charge is 2.29. The molecule has 114 valence electrons. The zero-order valence-electron chi connectivity index (χ0n) is 13.2. The van der Waals surface area contributed by atoms with Crippen molar-refractivity contribution in [2.75, 3.05) is 6.54 Å². The van der Waals surface area contributed by atoms with Gasteiger partial charge in [0, 0.05) is 31.5 Å². The van der Waals surface area contributed by atoms with Gasteiger partial charge in [-0.1, -0.05) is 6.07 Å². The van der Waals surface area contributed by atoms with Gasteiger partial charge in [-0.25, -0.2) is 4.98 Å². The molecular weight excluding hydrogens is 272 g/mol. The minimum atomic E-state index is 0.445. The van der Waals surface area contributed by atoms with Crippen LogP contribution in [0.3, 0.4) is 0 Å². The third-order valence-electron chi connectivity index (χ3n) is 4.70. The summed E-state index contributed by atoms with van der Waals surface area (Å²) in [5.41, 5.74) is 3.70. The fourth-order valence-electron chi connectivity index (χ4n) is 3.69. The standard InChI is InChI=1S/C18H22N4/c1-13-11-21(2)18(20-13)17-4-3-9-22(17)12-14-5-6-16-15(10-14)7-8-19-16/h5-8,10-11,17,19H,3-4,9,12H2,1-2H3. The predicted octanol–water partition coefficient (Wildman–Crippen LogP) is 3.55. The van der Waals surface area contributed by atoms with Crippen LogP contribution in [-0.4, -0.2) is 26.0 Å². The zero-order valence-corrected chi connectivity index (χ0v) is 13.2. The molecule has 0 bridgehead atoms. The molecule has 3 aromatic rings. The highest BCUT2D eigenvalue weighted by molar-refractivity contribution is 5.79. The number of aryl methyl sites for hydroxylation is 2. The van der Waals surface area contributed by atoms with E-state index in [0.29, 0.717) is 6.04 Å². The van der Waals surface area contributed by atoms with Gasteiger partial charge in [0.1, 0.15) is 5.82 Å². The Morgan fingerprint density at radius 2 is 2.23 bits per heavy atom. The van der Waals surface area contributed by atoms with Gasteiger partial charge in [-0.05, 0) is 55.5 Å². The summed E-state index contributed by atoms with van der Waals surface area (Å²) >= 11 is 0. The van der Waals surface area contributed by atoms with Crippen molar-refractivity contribution in [3.8, 4) is 0 Å². The third-order valence-corrected chi connectivity index (χ3v) is 4.70. The van der Waals surface area contributed by atoms with Gasteiger partial charge < -0.3 is 9.55 Å². The second kappa shape index (κ2) is 5.29. The number of imidazole rings is 1. The Hall–Kier alpha value is -2.07. The molecule has 0 amide bonds. The molecule has 1 fully saturated rings. The summed E-state index contributed by atoms with van der Waals surface area (Å²) in [6.45, 7) is 4.22. The smallest absolute Gasteiger partial charge is 0.126 e. The van der Waals surface area contributed by atoms with Crippen molar-refractivity contribution in [3.63, 3.8) is 0 Å². The Morgan fingerprint density at radius 3 is 3.05 bits per heavy atom. The zero-order chi connectivity index (χ0) is 15.1. The summed E-state index contributed by atoms with van der Waals surface area (Å²) in [6.07, 6.45) is 6.58. The van der Waals surface area contributed by atoms with Crippen LogP contribution < -0.4 is 0 Å². The minimum Gasteiger partial charge on any atom is -0.361 e. The topological polar surface area (TPSA) is 36.9 Å². The van der Waals surface area contributed by atoms with Gasteiger partial charge in [-0.3, -0.25) is 4.90 Å². The molecule has 1 saturated heterocycles.